The van der Waals surface area contributed by atoms with E-state index in [1.165, 1.54) is 0 Å². The van der Waals surface area contributed by atoms with E-state index in [0.717, 1.165) is 32.4 Å². The summed E-state index contributed by atoms with van der Waals surface area (Å²) in [5.41, 5.74) is -0.627. The predicted octanol–water partition coefficient (Wildman–Crippen LogP) is 1.97. The van der Waals surface area contributed by atoms with Crippen molar-refractivity contribution in [2.75, 3.05) is 19.6 Å². The molecular formula is C14H27NO3. The number of aliphatic hydroxyl groups is 1. The molecule has 0 radical (unpaired) electrons. The van der Waals surface area contributed by atoms with Crippen LogP contribution in [-0.4, -0.2) is 46.3 Å². The number of nitrogens with zero attached hydrogens (tertiary/aromatic N) is 1. The number of hydrogen-bond acceptors (Lipinski definition) is 3. The second-order valence-corrected chi connectivity index (χ2v) is 6.06. The van der Waals surface area contributed by atoms with Crippen LogP contribution < -0.4 is 0 Å². The SMILES string of the molecule is CCC(C)(O)CN1CCCC(C(C)CC(=O)O)C1. The summed E-state index contributed by atoms with van der Waals surface area (Å²) in [5, 5.41) is 19.0. The minimum atomic E-state index is -0.708. The Morgan fingerprint density at radius 3 is 2.78 bits per heavy atom. The number of carboxylic acid groups (broad SMARTS) is 1. The number of rotatable bonds is 6. The molecule has 0 aliphatic carbocycles. The lowest BCUT2D eigenvalue weighted by Gasteiger charge is -2.38. The lowest BCUT2D eigenvalue weighted by molar-refractivity contribution is -0.138. The molecule has 0 aromatic carbocycles. The Balaban J connectivity index is 2.48. The Kier molecular flexibility index (Phi) is 5.60. The van der Waals surface area contributed by atoms with Gasteiger partial charge < -0.3 is 15.1 Å². The molecular weight excluding hydrogens is 230 g/mol. The van der Waals surface area contributed by atoms with Gasteiger partial charge in [0.25, 0.3) is 0 Å². The van der Waals surface area contributed by atoms with Gasteiger partial charge in [-0.2, -0.15) is 0 Å². The molecule has 1 aliphatic heterocycles. The molecule has 0 spiro atoms. The first kappa shape index (κ1) is 15.4. The van der Waals surface area contributed by atoms with Crippen molar-refractivity contribution in [3.05, 3.63) is 0 Å². The van der Waals surface area contributed by atoms with Gasteiger partial charge >= 0.3 is 5.97 Å². The number of piperidine rings is 1. The predicted molar refractivity (Wildman–Crippen MR) is 71.5 cm³/mol. The number of carbonyl (C=O) groups is 1. The van der Waals surface area contributed by atoms with Crippen molar-refractivity contribution in [2.24, 2.45) is 11.8 Å². The largest absolute Gasteiger partial charge is 0.481 e. The molecule has 0 aromatic rings. The van der Waals surface area contributed by atoms with Crippen LogP contribution in [0, 0.1) is 11.8 Å². The normalized spacial score (nSPS) is 26.6. The van der Waals surface area contributed by atoms with E-state index in [9.17, 15) is 9.90 Å². The maximum Gasteiger partial charge on any atom is 0.303 e. The third-order valence-electron chi connectivity index (χ3n) is 4.17. The van der Waals surface area contributed by atoms with Gasteiger partial charge in [-0.05, 0) is 44.6 Å². The Bertz CT molecular complexity index is 278. The van der Waals surface area contributed by atoms with Gasteiger partial charge in [0.1, 0.15) is 0 Å². The van der Waals surface area contributed by atoms with Gasteiger partial charge in [-0.15, -0.1) is 0 Å². The van der Waals surface area contributed by atoms with Gasteiger partial charge in [0, 0.05) is 19.5 Å². The van der Waals surface area contributed by atoms with E-state index >= 15 is 0 Å². The molecule has 3 atom stereocenters. The van der Waals surface area contributed by atoms with Gasteiger partial charge in [0.15, 0.2) is 0 Å². The van der Waals surface area contributed by atoms with Gasteiger partial charge in [-0.1, -0.05) is 13.8 Å². The molecule has 18 heavy (non-hydrogen) atoms. The Morgan fingerprint density at radius 2 is 2.22 bits per heavy atom. The van der Waals surface area contributed by atoms with E-state index in [4.69, 9.17) is 5.11 Å². The molecule has 1 rings (SSSR count). The van der Waals surface area contributed by atoms with Crippen molar-refractivity contribution in [1.82, 2.24) is 4.90 Å². The summed E-state index contributed by atoms with van der Waals surface area (Å²) in [7, 11) is 0. The summed E-state index contributed by atoms with van der Waals surface area (Å²) in [6.07, 6.45) is 3.22. The maximum atomic E-state index is 10.8. The van der Waals surface area contributed by atoms with Crippen LogP contribution in [0.5, 0.6) is 0 Å². The summed E-state index contributed by atoms with van der Waals surface area (Å²) < 4.78 is 0. The molecule has 3 unspecified atom stereocenters. The zero-order chi connectivity index (χ0) is 13.8. The fourth-order valence-corrected chi connectivity index (χ4v) is 2.73. The van der Waals surface area contributed by atoms with Gasteiger partial charge in [-0.25, -0.2) is 0 Å². The molecule has 1 saturated heterocycles. The first-order valence-electron chi connectivity index (χ1n) is 7.00. The highest BCUT2D eigenvalue weighted by Crippen LogP contribution is 2.27. The van der Waals surface area contributed by atoms with Crippen LogP contribution >= 0.6 is 0 Å². The minimum Gasteiger partial charge on any atom is -0.481 e. The third kappa shape index (κ3) is 4.94. The van der Waals surface area contributed by atoms with Crippen molar-refractivity contribution >= 4 is 5.97 Å². The molecule has 1 aliphatic rings. The van der Waals surface area contributed by atoms with Crippen LogP contribution in [0.25, 0.3) is 0 Å². The topological polar surface area (TPSA) is 60.8 Å². The summed E-state index contributed by atoms with van der Waals surface area (Å²) >= 11 is 0. The van der Waals surface area contributed by atoms with Crippen LogP contribution in [0.3, 0.4) is 0 Å². The summed E-state index contributed by atoms with van der Waals surface area (Å²) in [5.74, 6) is -0.0421. The molecule has 0 aromatic heterocycles. The minimum absolute atomic E-state index is 0.219. The van der Waals surface area contributed by atoms with Gasteiger partial charge in [-0.3, -0.25) is 4.79 Å². The molecule has 0 bridgehead atoms. The fraction of sp³-hybridized carbons (Fsp3) is 0.929. The fourth-order valence-electron chi connectivity index (χ4n) is 2.73. The van der Waals surface area contributed by atoms with Crippen molar-refractivity contribution in [3.63, 3.8) is 0 Å². The highest BCUT2D eigenvalue weighted by molar-refractivity contribution is 5.66. The smallest absolute Gasteiger partial charge is 0.303 e. The van der Waals surface area contributed by atoms with E-state index in [2.05, 4.69) is 4.90 Å². The first-order chi connectivity index (χ1) is 8.34. The zero-order valence-electron chi connectivity index (χ0n) is 11.9. The van der Waals surface area contributed by atoms with Crippen LogP contribution in [-0.2, 0) is 4.79 Å². The van der Waals surface area contributed by atoms with Crippen LogP contribution in [0.4, 0.5) is 0 Å². The van der Waals surface area contributed by atoms with Crippen molar-refractivity contribution in [2.45, 2.75) is 52.1 Å². The van der Waals surface area contributed by atoms with Crippen molar-refractivity contribution in [1.29, 1.82) is 0 Å². The Labute approximate surface area is 110 Å². The molecule has 4 heteroatoms. The van der Waals surface area contributed by atoms with E-state index in [-0.39, 0.29) is 12.3 Å². The summed E-state index contributed by atoms with van der Waals surface area (Å²) in [6.45, 7) is 8.53. The molecule has 4 nitrogen and oxygen atoms in total. The second kappa shape index (κ2) is 6.53. The zero-order valence-corrected chi connectivity index (χ0v) is 11.9. The number of likely N-dealkylation sites (tertiary alicyclic amines) is 1. The van der Waals surface area contributed by atoms with E-state index < -0.39 is 11.6 Å². The lowest BCUT2D eigenvalue weighted by Crippen LogP contribution is -2.46. The maximum absolute atomic E-state index is 10.8. The average molecular weight is 257 g/mol. The molecule has 2 N–H and O–H groups in total. The number of aliphatic carboxylic acids is 1. The van der Waals surface area contributed by atoms with Gasteiger partial charge in [0.2, 0.25) is 0 Å². The first-order valence-corrected chi connectivity index (χ1v) is 7.00. The van der Waals surface area contributed by atoms with Crippen LogP contribution in [0.1, 0.15) is 46.5 Å². The summed E-state index contributed by atoms with van der Waals surface area (Å²) in [4.78, 5) is 13.0. The standard InChI is InChI=1S/C14H27NO3/c1-4-14(3,18)10-15-7-5-6-12(9-15)11(2)8-13(16)17/h11-12,18H,4-10H2,1-3H3,(H,16,17). The van der Waals surface area contributed by atoms with Crippen LogP contribution in [0.2, 0.25) is 0 Å². The van der Waals surface area contributed by atoms with Crippen molar-refractivity contribution in [3.8, 4) is 0 Å². The number of hydrogen-bond donors (Lipinski definition) is 2. The molecule has 1 heterocycles. The Hall–Kier alpha value is -0.610. The number of carboxylic acids is 1. The third-order valence-corrected chi connectivity index (χ3v) is 4.17. The molecule has 0 saturated carbocycles. The summed E-state index contributed by atoms with van der Waals surface area (Å²) in [6, 6.07) is 0. The van der Waals surface area contributed by atoms with Crippen molar-refractivity contribution < 1.29 is 15.0 Å². The highest BCUT2D eigenvalue weighted by Gasteiger charge is 2.29. The van der Waals surface area contributed by atoms with E-state index in [1.54, 1.807) is 0 Å². The second-order valence-electron chi connectivity index (χ2n) is 6.06. The van der Waals surface area contributed by atoms with E-state index in [0.29, 0.717) is 12.5 Å². The molecule has 0 amide bonds. The Morgan fingerprint density at radius 1 is 1.56 bits per heavy atom. The van der Waals surface area contributed by atoms with E-state index in [1.807, 2.05) is 20.8 Å². The van der Waals surface area contributed by atoms with Gasteiger partial charge in [0.05, 0.1) is 5.60 Å². The quantitative estimate of drug-likeness (QED) is 0.763. The lowest BCUT2D eigenvalue weighted by atomic mass is 9.84. The monoisotopic (exact) mass is 257 g/mol. The highest BCUT2D eigenvalue weighted by atomic mass is 16.4. The number of β-amino-alcohol motifs (C(OH)–C–C–N with tert-alkyl or cyclic N) is 1. The molecule has 1 fully saturated rings. The van der Waals surface area contributed by atoms with Crippen LogP contribution in [0.15, 0.2) is 0 Å². The molecule has 106 valence electrons. The average Bonchev–Trinajstić information content (AvgIpc) is 2.28.